The van der Waals surface area contributed by atoms with Crippen molar-refractivity contribution in [2.45, 2.75) is 11.5 Å². The van der Waals surface area contributed by atoms with Crippen molar-refractivity contribution in [3.8, 4) is 11.5 Å². The number of benzene rings is 3. The van der Waals surface area contributed by atoms with E-state index in [4.69, 9.17) is 21.1 Å². The van der Waals surface area contributed by atoms with Crippen LogP contribution in [-0.4, -0.2) is 45.5 Å². The molecule has 0 unspecified atom stereocenters. The quantitative estimate of drug-likeness (QED) is 0.337. The number of amides is 1. The van der Waals surface area contributed by atoms with Gasteiger partial charge in [-0.25, -0.2) is 13.8 Å². The van der Waals surface area contributed by atoms with E-state index in [-0.39, 0.29) is 9.92 Å². The molecule has 0 aliphatic rings. The molecule has 0 bridgehead atoms. The Bertz CT molecular complexity index is 1270. The monoisotopic (exact) mass is 501 g/mol. The fraction of sp³-hybridized carbons (Fsp3) is 0.167. The van der Waals surface area contributed by atoms with Crippen molar-refractivity contribution < 1.29 is 22.7 Å². The maximum absolute atomic E-state index is 12.7. The predicted octanol–water partition coefficient (Wildman–Crippen LogP) is 3.70. The molecule has 0 heterocycles. The zero-order chi connectivity index (χ0) is 24.6. The second-order valence-electron chi connectivity index (χ2n) is 7.16. The average molecular weight is 502 g/mol. The number of halogens is 1. The van der Waals surface area contributed by atoms with E-state index in [1.165, 1.54) is 38.6 Å². The van der Waals surface area contributed by atoms with Gasteiger partial charge in [-0.2, -0.15) is 9.41 Å². The van der Waals surface area contributed by atoms with Crippen LogP contribution in [0.3, 0.4) is 0 Å². The number of hydrogen-bond acceptors (Lipinski definition) is 6. The normalized spacial score (nSPS) is 11.5. The van der Waals surface area contributed by atoms with Gasteiger partial charge in [-0.3, -0.25) is 4.79 Å². The zero-order valence-corrected chi connectivity index (χ0v) is 20.2. The van der Waals surface area contributed by atoms with Gasteiger partial charge >= 0.3 is 0 Å². The largest absolute Gasteiger partial charge is 0.495 e. The van der Waals surface area contributed by atoms with Crippen LogP contribution < -0.4 is 14.9 Å². The molecule has 3 rings (SSSR count). The van der Waals surface area contributed by atoms with Crippen molar-refractivity contribution >= 4 is 33.7 Å². The number of hydrogen-bond donors (Lipinski definition) is 1. The first-order valence-electron chi connectivity index (χ1n) is 10.2. The number of carbonyl (C=O) groups excluding carboxylic acids is 1. The van der Waals surface area contributed by atoms with Crippen molar-refractivity contribution in [3.05, 3.63) is 88.9 Å². The Morgan fingerprint density at radius 2 is 1.76 bits per heavy atom. The van der Waals surface area contributed by atoms with Gasteiger partial charge in [0.2, 0.25) is 10.0 Å². The van der Waals surface area contributed by atoms with Crippen LogP contribution in [-0.2, 0) is 21.4 Å². The average Bonchev–Trinajstić information content (AvgIpc) is 2.84. The van der Waals surface area contributed by atoms with Crippen molar-refractivity contribution in [2.75, 3.05) is 20.7 Å². The van der Waals surface area contributed by atoms with Crippen LogP contribution >= 0.6 is 11.6 Å². The number of nitrogens with zero attached hydrogens (tertiary/aromatic N) is 2. The standard InChI is InChI=1S/C24H24ClN3O5S/c1-28(34(30,31)20-12-13-23(32-2)21(25)14-20)16-24(29)27-26-15-19-10-6-7-11-22(19)33-17-18-8-4-3-5-9-18/h3-15H,16-17H2,1-2H3,(H,27,29)/b26-15+. The summed E-state index contributed by atoms with van der Waals surface area (Å²) >= 11 is 6.03. The van der Waals surface area contributed by atoms with E-state index < -0.39 is 22.5 Å². The van der Waals surface area contributed by atoms with Crippen LogP contribution in [0.25, 0.3) is 0 Å². The number of likely N-dealkylation sites (N-methyl/N-ethyl adjacent to an activating group) is 1. The molecule has 0 aliphatic carbocycles. The SMILES string of the molecule is COc1ccc(S(=O)(=O)N(C)CC(=O)N/N=C/c2ccccc2OCc2ccccc2)cc1Cl. The molecule has 10 heteroatoms. The fourth-order valence-electron chi connectivity index (χ4n) is 2.94. The molecule has 1 N–H and O–H groups in total. The Morgan fingerprint density at radius 1 is 1.06 bits per heavy atom. The lowest BCUT2D eigenvalue weighted by molar-refractivity contribution is -0.121. The summed E-state index contributed by atoms with van der Waals surface area (Å²) in [6, 6.07) is 21.0. The lowest BCUT2D eigenvalue weighted by Gasteiger charge is -2.16. The second kappa shape index (κ2) is 11.6. The topological polar surface area (TPSA) is 97.3 Å². The third kappa shape index (κ3) is 6.57. The summed E-state index contributed by atoms with van der Waals surface area (Å²) in [4.78, 5) is 12.2. The Hall–Kier alpha value is -3.40. The number of rotatable bonds is 10. The first-order valence-corrected chi connectivity index (χ1v) is 12.0. The number of para-hydroxylation sites is 1. The molecule has 8 nitrogen and oxygen atoms in total. The second-order valence-corrected chi connectivity index (χ2v) is 9.61. The molecule has 178 valence electrons. The number of sulfonamides is 1. The molecule has 34 heavy (non-hydrogen) atoms. The molecule has 0 radical (unpaired) electrons. The smallest absolute Gasteiger partial charge is 0.255 e. The molecule has 0 saturated heterocycles. The first-order chi connectivity index (χ1) is 16.3. The van der Waals surface area contributed by atoms with Crippen molar-refractivity contribution in [2.24, 2.45) is 5.10 Å². The molecule has 0 atom stereocenters. The van der Waals surface area contributed by atoms with Crippen LogP contribution in [0, 0.1) is 0 Å². The fourth-order valence-corrected chi connectivity index (χ4v) is 4.41. The van der Waals surface area contributed by atoms with E-state index >= 15 is 0 Å². The summed E-state index contributed by atoms with van der Waals surface area (Å²) in [6.45, 7) is -0.0500. The van der Waals surface area contributed by atoms with E-state index in [0.717, 1.165) is 9.87 Å². The molecule has 0 saturated carbocycles. The van der Waals surface area contributed by atoms with Gasteiger partial charge in [0, 0.05) is 12.6 Å². The number of methoxy groups -OCH3 is 1. The summed E-state index contributed by atoms with van der Waals surface area (Å²) in [5.74, 6) is 0.341. The summed E-state index contributed by atoms with van der Waals surface area (Å²) in [6.07, 6.45) is 1.44. The van der Waals surface area contributed by atoms with Gasteiger partial charge in [-0.1, -0.05) is 54.1 Å². The van der Waals surface area contributed by atoms with E-state index in [0.29, 0.717) is 23.7 Å². The number of hydrazone groups is 1. The Labute approximate surface area is 203 Å². The first kappa shape index (κ1) is 25.2. The maximum Gasteiger partial charge on any atom is 0.255 e. The molecule has 1 amide bonds. The molecule has 3 aromatic rings. The summed E-state index contributed by atoms with van der Waals surface area (Å²) in [7, 11) is -1.21. The number of ether oxygens (including phenoxy) is 2. The predicted molar refractivity (Wildman–Crippen MR) is 131 cm³/mol. The van der Waals surface area contributed by atoms with Crippen LogP contribution in [0.15, 0.2) is 82.8 Å². The summed E-state index contributed by atoms with van der Waals surface area (Å²) in [5, 5.41) is 4.09. The maximum atomic E-state index is 12.7. The Balaban J connectivity index is 1.59. The van der Waals surface area contributed by atoms with Gasteiger partial charge < -0.3 is 9.47 Å². The van der Waals surface area contributed by atoms with Crippen LogP contribution in [0.2, 0.25) is 5.02 Å². The highest BCUT2D eigenvalue weighted by Crippen LogP contribution is 2.28. The van der Waals surface area contributed by atoms with Gasteiger partial charge in [-0.05, 0) is 35.9 Å². The molecule has 0 spiro atoms. The summed E-state index contributed by atoms with van der Waals surface area (Å²) < 4.78 is 37.3. The molecular formula is C24H24ClN3O5S. The van der Waals surface area contributed by atoms with Crippen molar-refractivity contribution in [3.63, 3.8) is 0 Å². The lowest BCUT2D eigenvalue weighted by Crippen LogP contribution is -2.36. The van der Waals surface area contributed by atoms with Gasteiger partial charge in [0.05, 0.1) is 29.8 Å². The van der Waals surface area contributed by atoms with Crippen molar-refractivity contribution in [1.82, 2.24) is 9.73 Å². The van der Waals surface area contributed by atoms with E-state index in [2.05, 4.69) is 10.5 Å². The summed E-state index contributed by atoms with van der Waals surface area (Å²) in [5.41, 5.74) is 4.02. The van der Waals surface area contributed by atoms with Crippen LogP contribution in [0.5, 0.6) is 11.5 Å². The minimum Gasteiger partial charge on any atom is -0.495 e. The van der Waals surface area contributed by atoms with Gasteiger partial charge in [0.15, 0.2) is 0 Å². The molecule has 0 fully saturated rings. The lowest BCUT2D eigenvalue weighted by atomic mass is 10.2. The highest BCUT2D eigenvalue weighted by molar-refractivity contribution is 7.89. The molecule has 0 aromatic heterocycles. The Kier molecular flexibility index (Phi) is 8.64. The van der Waals surface area contributed by atoms with Crippen LogP contribution in [0.1, 0.15) is 11.1 Å². The van der Waals surface area contributed by atoms with E-state index in [1.807, 2.05) is 42.5 Å². The third-order valence-corrected chi connectivity index (χ3v) is 6.84. The minimum atomic E-state index is -3.94. The number of nitrogens with one attached hydrogen (secondary N) is 1. The van der Waals surface area contributed by atoms with Crippen molar-refractivity contribution in [1.29, 1.82) is 0 Å². The van der Waals surface area contributed by atoms with Gasteiger partial charge in [0.1, 0.15) is 18.1 Å². The minimum absolute atomic E-state index is 0.0541. The molecular weight excluding hydrogens is 478 g/mol. The van der Waals surface area contributed by atoms with E-state index in [1.54, 1.807) is 12.1 Å². The Morgan fingerprint density at radius 3 is 2.47 bits per heavy atom. The number of carbonyl (C=O) groups is 1. The zero-order valence-electron chi connectivity index (χ0n) is 18.6. The van der Waals surface area contributed by atoms with E-state index in [9.17, 15) is 13.2 Å². The van der Waals surface area contributed by atoms with Crippen LogP contribution in [0.4, 0.5) is 0 Å². The third-order valence-electron chi connectivity index (χ3n) is 4.75. The van der Waals surface area contributed by atoms with Gasteiger partial charge in [-0.15, -0.1) is 0 Å². The highest BCUT2D eigenvalue weighted by Gasteiger charge is 2.24. The molecule has 3 aromatic carbocycles. The molecule has 0 aliphatic heterocycles. The highest BCUT2D eigenvalue weighted by atomic mass is 35.5. The van der Waals surface area contributed by atoms with Gasteiger partial charge in [0.25, 0.3) is 5.91 Å².